The van der Waals surface area contributed by atoms with Gasteiger partial charge in [-0.3, -0.25) is 4.79 Å². The van der Waals surface area contributed by atoms with Crippen molar-refractivity contribution in [3.63, 3.8) is 0 Å². The number of carboxylic acid groups (broad SMARTS) is 2. The van der Waals surface area contributed by atoms with Gasteiger partial charge in [-0.25, -0.2) is 9.59 Å². The van der Waals surface area contributed by atoms with Crippen LogP contribution in [0.4, 0.5) is 0 Å². The molecule has 2 N–H and O–H groups in total. The Balaban J connectivity index is 0. The van der Waals surface area contributed by atoms with E-state index in [1.807, 2.05) is 0 Å². The Morgan fingerprint density at radius 3 is 1.81 bits per heavy atom. The maximum absolute atomic E-state index is 10.0. The van der Waals surface area contributed by atoms with Crippen LogP contribution in [-0.4, -0.2) is 28.1 Å². The highest BCUT2D eigenvalue weighted by Crippen LogP contribution is 1.77. The lowest BCUT2D eigenvalue weighted by atomic mass is 10.5. The second-order valence-corrected chi connectivity index (χ2v) is 2.18. The minimum atomic E-state index is -1.26. The van der Waals surface area contributed by atoms with Crippen molar-refractivity contribution in [1.29, 1.82) is 0 Å². The summed E-state index contributed by atoms with van der Waals surface area (Å²) in [6.45, 7) is 4.72. The van der Waals surface area contributed by atoms with E-state index in [0.717, 1.165) is 0 Å². The van der Waals surface area contributed by atoms with Crippen LogP contribution >= 0.6 is 0 Å². The fourth-order valence-corrected chi connectivity index (χ4v) is 0.333. The second-order valence-electron chi connectivity index (χ2n) is 2.18. The lowest BCUT2D eigenvalue weighted by Gasteiger charge is -1.85. The molecule has 6 heteroatoms. The maximum Gasteiger partial charge on any atom is 0.328 e. The molecular formula is C10H12O6. The third kappa shape index (κ3) is 22.6. The minimum Gasteiger partial charge on any atom is -0.478 e. The van der Waals surface area contributed by atoms with Crippen molar-refractivity contribution in [2.24, 2.45) is 0 Å². The predicted octanol–water partition coefficient (Wildman–Crippen LogP) is 0.961. The van der Waals surface area contributed by atoms with Gasteiger partial charge in [0, 0.05) is 19.1 Å². The van der Waals surface area contributed by atoms with Crippen LogP contribution in [0.2, 0.25) is 0 Å². The van der Waals surface area contributed by atoms with E-state index in [9.17, 15) is 14.4 Å². The highest BCUT2D eigenvalue weighted by atomic mass is 16.5. The van der Waals surface area contributed by atoms with Gasteiger partial charge in [-0.1, -0.05) is 12.7 Å². The van der Waals surface area contributed by atoms with Crippen LogP contribution in [-0.2, 0) is 19.1 Å². The molecule has 0 aliphatic carbocycles. The number of aliphatic carboxylic acids is 2. The normalized spacial score (nSPS) is 9.31. The number of esters is 1. The summed E-state index contributed by atoms with van der Waals surface area (Å²) >= 11 is 0. The lowest BCUT2D eigenvalue weighted by molar-refractivity contribution is -0.135. The summed E-state index contributed by atoms with van der Waals surface area (Å²) < 4.78 is 4.39. The number of hydrogen-bond donors (Lipinski definition) is 2. The van der Waals surface area contributed by atoms with Crippen molar-refractivity contribution in [2.75, 3.05) is 0 Å². The second kappa shape index (κ2) is 10.7. The molecule has 0 aromatic heterocycles. The quantitative estimate of drug-likeness (QED) is 0.321. The molecule has 0 saturated carbocycles. The summed E-state index contributed by atoms with van der Waals surface area (Å²) in [6, 6.07) is 0. The Morgan fingerprint density at radius 2 is 1.56 bits per heavy atom. The average Bonchev–Trinajstić information content (AvgIpc) is 2.16. The van der Waals surface area contributed by atoms with E-state index in [-0.39, 0.29) is 5.97 Å². The number of carbonyl (C=O) groups is 3. The van der Waals surface area contributed by atoms with Gasteiger partial charge in [0.2, 0.25) is 0 Å². The van der Waals surface area contributed by atoms with Gasteiger partial charge in [0.05, 0.1) is 6.26 Å². The number of carboxylic acids is 2. The Kier molecular flexibility index (Phi) is 10.8. The first-order chi connectivity index (χ1) is 7.40. The first-order valence-corrected chi connectivity index (χ1v) is 3.99. The zero-order valence-corrected chi connectivity index (χ0v) is 8.62. The molecule has 0 radical (unpaired) electrons. The summed E-state index contributed by atoms with van der Waals surface area (Å²) in [4.78, 5) is 29.1. The van der Waals surface area contributed by atoms with Crippen LogP contribution in [0, 0.1) is 0 Å². The Bertz CT molecular complexity index is 297. The number of hydrogen-bond acceptors (Lipinski definition) is 4. The van der Waals surface area contributed by atoms with E-state index in [0.29, 0.717) is 12.2 Å². The molecule has 0 rings (SSSR count). The summed E-state index contributed by atoms with van der Waals surface area (Å²) in [7, 11) is 0. The first kappa shape index (κ1) is 16.1. The molecule has 0 aliphatic rings. The monoisotopic (exact) mass is 228 g/mol. The van der Waals surface area contributed by atoms with Gasteiger partial charge < -0.3 is 14.9 Å². The zero-order valence-electron chi connectivity index (χ0n) is 8.62. The molecular weight excluding hydrogens is 216 g/mol. The zero-order chi connectivity index (χ0) is 13.0. The smallest absolute Gasteiger partial charge is 0.328 e. The molecule has 0 fully saturated rings. The Labute approximate surface area is 92.1 Å². The van der Waals surface area contributed by atoms with Crippen LogP contribution in [0.5, 0.6) is 0 Å². The fourth-order valence-electron chi connectivity index (χ4n) is 0.333. The van der Waals surface area contributed by atoms with E-state index in [4.69, 9.17) is 10.2 Å². The first-order valence-electron chi connectivity index (χ1n) is 3.99. The van der Waals surface area contributed by atoms with Gasteiger partial charge in [0.1, 0.15) is 0 Å². The highest BCUT2D eigenvalue weighted by Gasteiger charge is 1.88. The molecule has 6 nitrogen and oxygen atoms in total. The van der Waals surface area contributed by atoms with Crippen LogP contribution in [0.15, 0.2) is 37.1 Å². The Morgan fingerprint density at radius 1 is 1.12 bits per heavy atom. The molecule has 0 heterocycles. The highest BCUT2D eigenvalue weighted by molar-refractivity contribution is 5.89. The SMILES string of the molecule is C=CC=COC(C)=O.O=C(O)/C=C\C(=O)O. The standard InChI is InChI=1S/C6H8O2.C4H4O4/c1-3-4-5-8-6(2)7;5-3(6)1-2-4(7)8/h3-5H,1H2,2H3;1-2H,(H,5,6)(H,7,8)/b;2-1-. The van der Waals surface area contributed by atoms with E-state index < -0.39 is 11.9 Å². The van der Waals surface area contributed by atoms with E-state index in [1.165, 1.54) is 19.3 Å². The third-order valence-corrected chi connectivity index (χ3v) is 0.817. The molecule has 0 atom stereocenters. The molecule has 88 valence electrons. The number of ether oxygens (including phenoxy) is 1. The molecule has 0 saturated heterocycles. The van der Waals surface area contributed by atoms with Crippen molar-refractivity contribution in [3.05, 3.63) is 37.1 Å². The van der Waals surface area contributed by atoms with Gasteiger partial charge in [0.25, 0.3) is 0 Å². The topological polar surface area (TPSA) is 101 Å². The maximum atomic E-state index is 10.0. The average molecular weight is 228 g/mol. The van der Waals surface area contributed by atoms with E-state index in [1.54, 1.807) is 6.08 Å². The van der Waals surface area contributed by atoms with Gasteiger partial charge in [-0.2, -0.15) is 0 Å². The summed E-state index contributed by atoms with van der Waals surface area (Å²) in [5.74, 6) is -2.83. The molecule has 0 aromatic rings. The largest absolute Gasteiger partial charge is 0.478 e. The van der Waals surface area contributed by atoms with Gasteiger partial charge in [0.15, 0.2) is 0 Å². The molecule has 0 unspecified atom stereocenters. The fraction of sp³-hybridized carbons (Fsp3) is 0.100. The number of carbonyl (C=O) groups excluding carboxylic acids is 1. The number of rotatable bonds is 4. The molecule has 0 spiro atoms. The van der Waals surface area contributed by atoms with Crippen molar-refractivity contribution < 1.29 is 29.3 Å². The van der Waals surface area contributed by atoms with Crippen LogP contribution < -0.4 is 0 Å². The van der Waals surface area contributed by atoms with Crippen LogP contribution in [0.3, 0.4) is 0 Å². The van der Waals surface area contributed by atoms with Gasteiger partial charge in [-0.15, -0.1) is 0 Å². The van der Waals surface area contributed by atoms with Crippen molar-refractivity contribution in [3.8, 4) is 0 Å². The molecule has 0 bridgehead atoms. The lowest BCUT2D eigenvalue weighted by Crippen LogP contribution is -1.91. The van der Waals surface area contributed by atoms with Crippen LogP contribution in [0.1, 0.15) is 6.92 Å². The van der Waals surface area contributed by atoms with Gasteiger partial charge in [-0.05, 0) is 6.08 Å². The van der Waals surface area contributed by atoms with Crippen molar-refractivity contribution in [2.45, 2.75) is 6.92 Å². The molecule has 0 aliphatic heterocycles. The van der Waals surface area contributed by atoms with E-state index >= 15 is 0 Å². The minimum absolute atomic E-state index is 0.317. The summed E-state index contributed by atoms with van der Waals surface area (Å²) in [5, 5.41) is 15.6. The third-order valence-electron chi connectivity index (χ3n) is 0.817. The van der Waals surface area contributed by atoms with E-state index in [2.05, 4.69) is 11.3 Å². The van der Waals surface area contributed by atoms with Crippen LogP contribution in [0.25, 0.3) is 0 Å². The molecule has 0 aromatic carbocycles. The van der Waals surface area contributed by atoms with Gasteiger partial charge >= 0.3 is 17.9 Å². The molecule has 16 heavy (non-hydrogen) atoms. The van der Waals surface area contributed by atoms with Crippen molar-refractivity contribution >= 4 is 17.9 Å². The van der Waals surface area contributed by atoms with Crippen molar-refractivity contribution in [1.82, 2.24) is 0 Å². The number of allylic oxidation sites excluding steroid dienone is 2. The summed E-state index contributed by atoms with van der Waals surface area (Å²) in [5.41, 5.74) is 0. The Hall–Kier alpha value is -2.37. The summed E-state index contributed by atoms with van der Waals surface area (Å²) in [6.07, 6.45) is 5.48. The predicted molar refractivity (Wildman–Crippen MR) is 55.5 cm³/mol. The molecule has 0 amide bonds.